The van der Waals surface area contributed by atoms with Gasteiger partial charge in [-0.3, -0.25) is 0 Å². The lowest BCUT2D eigenvalue weighted by atomic mass is 10.2. The highest BCUT2D eigenvalue weighted by Gasteiger charge is 2.25. The average Bonchev–Trinajstić information content (AvgIpc) is 3.00. The van der Waals surface area contributed by atoms with Crippen molar-refractivity contribution in [3.8, 4) is 5.69 Å². The van der Waals surface area contributed by atoms with Crippen LogP contribution in [0.2, 0.25) is 0 Å². The summed E-state index contributed by atoms with van der Waals surface area (Å²) in [5.41, 5.74) is 2.08. The smallest absolute Gasteiger partial charge is 0.353 e. The van der Waals surface area contributed by atoms with Crippen LogP contribution in [0.3, 0.4) is 0 Å². The first-order chi connectivity index (χ1) is 11.6. The van der Waals surface area contributed by atoms with Crippen LogP contribution in [0.4, 0.5) is 5.82 Å². The van der Waals surface area contributed by atoms with Crippen LogP contribution in [-0.2, 0) is 0 Å². The van der Waals surface area contributed by atoms with Gasteiger partial charge in [-0.05, 0) is 51.0 Å². The third-order valence-corrected chi connectivity index (χ3v) is 4.70. The molecule has 0 saturated carbocycles. The van der Waals surface area contributed by atoms with Crippen LogP contribution < -0.4 is 10.6 Å². The molecule has 1 fully saturated rings. The molecule has 1 saturated heterocycles. The van der Waals surface area contributed by atoms with Crippen LogP contribution in [0.5, 0.6) is 0 Å². The predicted octanol–water partition coefficient (Wildman–Crippen LogP) is 3.08. The molecule has 24 heavy (non-hydrogen) atoms. The van der Waals surface area contributed by atoms with E-state index in [0.29, 0.717) is 11.7 Å². The van der Waals surface area contributed by atoms with Crippen molar-refractivity contribution in [2.24, 2.45) is 0 Å². The summed E-state index contributed by atoms with van der Waals surface area (Å²) in [5, 5.41) is 0.929. The molecule has 5 nitrogen and oxygen atoms in total. The molecule has 0 spiro atoms. The van der Waals surface area contributed by atoms with E-state index in [1.807, 2.05) is 49.4 Å². The number of fused-ring (bicyclic) bond motifs is 1. The van der Waals surface area contributed by atoms with E-state index in [0.717, 1.165) is 42.0 Å². The molecule has 1 atom stereocenters. The largest absolute Gasteiger partial charge is 0.355 e. The number of benzene rings is 1. The fraction of sp³-hybridized carbons (Fsp3) is 0.316. The van der Waals surface area contributed by atoms with E-state index in [9.17, 15) is 4.79 Å². The van der Waals surface area contributed by atoms with Gasteiger partial charge in [0.25, 0.3) is 0 Å². The first-order valence-corrected chi connectivity index (χ1v) is 8.37. The van der Waals surface area contributed by atoms with Crippen LogP contribution in [0.25, 0.3) is 16.7 Å². The van der Waals surface area contributed by atoms with Crippen molar-refractivity contribution in [2.45, 2.75) is 32.7 Å². The first kappa shape index (κ1) is 14.9. The minimum Gasteiger partial charge on any atom is -0.353 e. The minimum atomic E-state index is -0.277. The number of pyridine rings is 1. The number of aryl methyl sites for hydroxylation is 1. The average molecular weight is 320 g/mol. The molecule has 0 N–H and O–H groups in total. The topological polar surface area (TPSA) is 51.0 Å². The third-order valence-electron chi connectivity index (χ3n) is 4.70. The number of aromatic nitrogens is 3. The molecule has 1 aromatic carbocycles. The van der Waals surface area contributed by atoms with Gasteiger partial charge in [-0.25, -0.2) is 14.3 Å². The van der Waals surface area contributed by atoms with Crippen LogP contribution in [0, 0.1) is 6.92 Å². The SMILES string of the molecule is Cc1ccc2c(N3CCC[C@H]3C)nc(=O)n(-c3ccccc3)c2n1. The molecule has 5 heteroatoms. The Bertz CT molecular complexity index is 949. The van der Waals surface area contributed by atoms with Crippen LogP contribution in [0.1, 0.15) is 25.5 Å². The summed E-state index contributed by atoms with van der Waals surface area (Å²) in [6.07, 6.45) is 2.26. The zero-order valence-corrected chi connectivity index (χ0v) is 13.9. The molecule has 3 heterocycles. The maximum Gasteiger partial charge on any atom is 0.355 e. The monoisotopic (exact) mass is 320 g/mol. The van der Waals surface area contributed by atoms with Crippen LogP contribution in [-0.4, -0.2) is 27.1 Å². The molecule has 0 bridgehead atoms. The van der Waals surface area contributed by atoms with E-state index in [4.69, 9.17) is 0 Å². The Hall–Kier alpha value is -2.69. The fourth-order valence-electron chi connectivity index (χ4n) is 3.46. The normalized spacial score (nSPS) is 17.6. The lowest BCUT2D eigenvalue weighted by Crippen LogP contribution is -2.32. The van der Waals surface area contributed by atoms with Crippen molar-refractivity contribution >= 4 is 16.9 Å². The van der Waals surface area contributed by atoms with Crippen LogP contribution >= 0.6 is 0 Å². The summed E-state index contributed by atoms with van der Waals surface area (Å²) >= 11 is 0. The second-order valence-corrected chi connectivity index (χ2v) is 6.40. The van der Waals surface area contributed by atoms with Gasteiger partial charge in [0.15, 0.2) is 5.65 Å². The summed E-state index contributed by atoms with van der Waals surface area (Å²) in [4.78, 5) is 24.1. The lowest BCUT2D eigenvalue weighted by Gasteiger charge is -2.24. The second-order valence-electron chi connectivity index (χ2n) is 6.40. The third kappa shape index (κ3) is 2.37. The minimum absolute atomic E-state index is 0.277. The number of hydrogen-bond donors (Lipinski definition) is 0. The zero-order valence-electron chi connectivity index (χ0n) is 13.9. The summed E-state index contributed by atoms with van der Waals surface area (Å²) in [6, 6.07) is 14.0. The van der Waals surface area contributed by atoms with Gasteiger partial charge in [-0.1, -0.05) is 18.2 Å². The molecule has 1 aliphatic rings. The van der Waals surface area contributed by atoms with E-state index in [2.05, 4.69) is 21.8 Å². The maximum atomic E-state index is 12.8. The van der Waals surface area contributed by atoms with Crippen LogP contribution in [0.15, 0.2) is 47.3 Å². The van der Waals surface area contributed by atoms with Gasteiger partial charge < -0.3 is 4.90 Å². The standard InChI is InChI=1S/C19H20N4O/c1-13-10-11-16-17(22-12-6-7-14(22)2)21-19(24)23(18(16)20-13)15-8-4-3-5-9-15/h3-5,8-11,14H,6-7,12H2,1-2H3/t14-/m1/s1. The van der Waals surface area contributed by atoms with Gasteiger partial charge in [0.1, 0.15) is 5.82 Å². The van der Waals surface area contributed by atoms with Crippen molar-refractivity contribution < 1.29 is 0 Å². The van der Waals surface area contributed by atoms with E-state index >= 15 is 0 Å². The molecule has 1 aliphatic heterocycles. The van der Waals surface area contributed by atoms with Gasteiger partial charge >= 0.3 is 5.69 Å². The van der Waals surface area contributed by atoms with Crippen molar-refractivity contribution in [1.82, 2.24) is 14.5 Å². The van der Waals surface area contributed by atoms with Crippen molar-refractivity contribution in [2.75, 3.05) is 11.4 Å². The highest BCUT2D eigenvalue weighted by Crippen LogP contribution is 2.29. The number of hydrogen-bond acceptors (Lipinski definition) is 4. The Kier molecular flexibility index (Phi) is 3.56. The first-order valence-electron chi connectivity index (χ1n) is 8.37. The highest BCUT2D eigenvalue weighted by atomic mass is 16.1. The van der Waals surface area contributed by atoms with Crippen molar-refractivity contribution in [3.05, 3.63) is 58.6 Å². The summed E-state index contributed by atoms with van der Waals surface area (Å²) in [7, 11) is 0. The number of anilines is 1. The van der Waals surface area contributed by atoms with E-state index < -0.39 is 0 Å². The molecule has 0 amide bonds. The summed E-state index contributed by atoms with van der Waals surface area (Å²) < 4.78 is 1.60. The highest BCUT2D eigenvalue weighted by molar-refractivity contribution is 5.88. The fourth-order valence-corrected chi connectivity index (χ4v) is 3.46. The quantitative estimate of drug-likeness (QED) is 0.728. The molecule has 0 aliphatic carbocycles. The molecule has 0 unspecified atom stereocenters. The molecule has 2 aromatic heterocycles. The Morgan fingerprint density at radius 3 is 2.58 bits per heavy atom. The van der Waals surface area contributed by atoms with Crippen molar-refractivity contribution in [3.63, 3.8) is 0 Å². The number of nitrogens with zero attached hydrogens (tertiary/aromatic N) is 4. The summed E-state index contributed by atoms with van der Waals surface area (Å²) in [5.74, 6) is 0.764. The Balaban J connectivity index is 2.04. The van der Waals surface area contributed by atoms with E-state index in [-0.39, 0.29) is 5.69 Å². The Morgan fingerprint density at radius 1 is 1.08 bits per heavy atom. The van der Waals surface area contributed by atoms with Gasteiger partial charge in [-0.15, -0.1) is 0 Å². The Labute approximate surface area is 140 Å². The molecule has 3 aromatic rings. The molecule has 0 radical (unpaired) electrons. The molecule has 122 valence electrons. The Morgan fingerprint density at radius 2 is 1.88 bits per heavy atom. The van der Waals surface area contributed by atoms with E-state index in [1.54, 1.807) is 4.57 Å². The zero-order chi connectivity index (χ0) is 16.7. The molecular formula is C19H20N4O. The number of rotatable bonds is 2. The maximum absolute atomic E-state index is 12.8. The predicted molar refractivity (Wildman–Crippen MR) is 95.9 cm³/mol. The van der Waals surface area contributed by atoms with Gasteiger partial charge in [0.2, 0.25) is 0 Å². The molecular weight excluding hydrogens is 300 g/mol. The van der Waals surface area contributed by atoms with E-state index in [1.165, 1.54) is 0 Å². The lowest BCUT2D eigenvalue weighted by molar-refractivity contribution is 0.725. The van der Waals surface area contributed by atoms with Gasteiger partial charge in [-0.2, -0.15) is 4.98 Å². The summed E-state index contributed by atoms with van der Waals surface area (Å²) in [6.45, 7) is 5.06. The van der Waals surface area contributed by atoms with Gasteiger partial charge in [0.05, 0.1) is 11.1 Å². The molecule has 4 rings (SSSR count). The number of para-hydroxylation sites is 1. The second kappa shape index (κ2) is 5.74. The van der Waals surface area contributed by atoms with Gasteiger partial charge in [0, 0.05) is 18.3 Å². The van der Waals surface area contributed by atoms with Crippen molar-refractivity contribution in [1.29, 1.82) is 0 Å².